The molecule has 0 aliphatic carbocycles. The van der Waals surface area contributed by atoms with Crippen LogP contribution in [0.3, 0.4) is 0 Å². The Morgan fingerprint density at radius 2 is 1.88 bits per heavy atom. The summed E-state index contributed by atoms with van der Waals surface area (Å²) in [5.74, 6) is -0.863. The average molecular weight is 439 g/mol. The molecule has 1 aromatic carbocycles. The zero-order valence-corrected chi connectivity index (χ0v) is 19.8. The van der Waals surface area contributed by atoms with Gasteiger partial charge in [0.15, 0.2) is 0 Å². The molecule has 2 aliphatic rings. The monoisotopic (exact) mass is 438 g/mol. The summed E-state index contributed by atoms with van der Waals surface area (Å²) in [4.78, 5) is 29.4. The molecule has 6 nitrogen and oxygen atoms in total. The summed E-state index contributed by atoms with van der Waals surface area (Å²) < 4.78 is 13.1. The lowest BCUT2D eigenvalue weighted by atomic mass is 9.84. The molecule has 0 fully saturated rings. The molecule has 0 N–H and O–H groups in total. The van der Waals surface area contributed by atoms with E-state index in [-0.39, 0.29) is 12.0 Å². The van der Waals surface area contributed by atoms with Crippen molar-refractivity contribution in [1.29, 1.82) is 0 Å². The standard InChI is InChI=1S/C26H34N2O4/c1-6-17-11-10-15-27-16-14-19-18-12-8-9-13-20(18)28(25(30)32-26(3,4)5)23(19)21(22(17)27)24(29)31-7-2/h8-9,11-13,21-22H,6-7,10,14-16H2,1-5H3/t21?,22-/m0/s1. The van der Waals surface area contributed by atoms with E-state index in [1.165, 1.54) is 5.57 Å². The fourth-order valence-electron chi connectivity index (χ4n) is 5.24. The van der Waals surface area contributed by atoms with Crippen LogP contribution in [-0.4, -0.2) is 52.9 Å². The molecule has 3 heterocycles. The highest BCUT2D eigenvalue weighted by Gasteiger charge is 2.45. The van der Waals surface area contributed by atoms with E-state index in [0.29, 0.717) is 6.61 Å². The number of benzene rings is 1. The topological polar surface area (TPSA) is 60.8 Å². The van der Waals surface area contributed by atoms with Crippen molar-refractivity contribution in [2.75, 3.05) is 19.7 Å². The number of hydrogen-bond acceptors (Lipinski definition) is 5. The first-order valence-corrected chi connectivity index (χ1v) is 11.7. The van der Waals surface area contributed by atoms with Crippen LogP contribution in [0.2, 0.25) is 0 Å². The lowest BCUT2D eigenvalue weighted by molar-refractivity contribution is -0.146. The predicted molar refractivity (Wildman–Crippen MR) is 125 cm³/mol. The molecule has 4 rings (SSSR count). The maximum absolute atomic E-state index is 13.5. The van der Waals surface area contributed by atoms with E-state index in [4.69, 9.17) is 9.47 Å². The van der Waals surface area contributed by atoms with Crippen LogP contribution in [0.5, 0.6) is 0 Å². The second-order valence-corrected chi connectivity index (χ2v) is 9.58. The molecular weight excluding hydrogens is 404 g/mol. The molecule has 2 aliphatic heterocycles. The summed E-state index contributed by atoms with van der Waals surface area (Å²) in [6.07, 6.45) is 4.43. The number of nitrogens with zero attached hydrogens (tertiary/aromatic N) is 2. The Bertz CT molecular complexity index is 1060. The lowest BCUT2D eigenvalue weighted by Gasteiger charge is -2.38. The van der Waals surface area contributed by atoms with E-state index in [2.05, 4.69) is 17.9 Å². The third-order valence-electron chi connectivity index (χ3n) is 6.40. The molecule has 0 amide bonds. The van der Waals surface area contributed by atoms with Gasteiger partial charge in [-0.1, -0.05) is 36.8 Å². The van der Waals surface area contributed by atoms with Crippen LogP contribution < -0.4 is 0 Å². The lowest BCUT2D eigenvalue weighted by Crippen LogP contribution is -2.46. The first kappa shape index (κ1) is 22.6. The van der Waals surface area contributed by atoms with E-state index in [1.807, 2.05) is 52.0 Å². The smallest absolute Gasteiger partial charge is 0.419 e. The molecule has 0 bridgehead atoms. The second-order valence-electron chi connectivity index (χ2n) is 9.58. The van der Waals surface area contributed by atoms with Crippen molar-refractivity contribution in [2.24, 2.45) is 0 Å². The van der Waals surface area contributed by atoms with Gasteiger partial charge < -0.3 is 9.47 Å². The van der Waals surface area contributed by atoms with Gasteiger partial charge in [0.25, 0.3) is 0 Å². The van der Waals surface area contributed by atoms with Gasteiger partial charge in [0.05, 0.1) is 12.1 Å². The van der Waals surface area contributed by atoms with E-state index < -0.39 is 17.6 Å². The molecule has 0 saturated carbocycles. The first-order valence-electron chi connectivity index (χ1n) is 11.7. The van der Waals surface area contributed by atoms with Crippen molar-refractivity contribution >= 4 is 23.0 Å². The van der Waals surface area contributed by atoms with Crippen LogP contribution in [0, 0.1) is 0 Å². The number of rotatable bonds is 3. The van der Waals surface area contributed by atoms with Crippen molar-refractivity contribution in [1.82, 2.24) is 9.47 Å². The summed E-state index contributed by atoms with van der Waals surface area (Å²) in [6.45, 7) is 11.6. The minimum absolute atomic E-state index is 0.112. The summed E-state index contributed by atoms with van der Waals surface area (Å²) in [7, 11) is 0. The molecule has 32 heavy (non-hydrogen) atoms. The molecule has 1 aromatic heterocycles. The van der Waals surface area contributed by atoms with Crippen LogP contribution in [0.4, 0.5) is 4.79 Å². The van der Waals surface area contributed by atoms with Crippen LogP contribution >= 0.6 is 0 Å². The molecule has 0 saturated heterocycles. The Morgan fingerprint density at radius 3 is 2.56 bits per heavy atom. The number of ether oxygens (including phenoxy) is 2. The van der Waals surface area contributed by atoms with Gasteiger partial charge >= 0.3 is 12.1 Å². The SMILES string of the molecule is CCOC(=O)C1c2c(c3ccccc3n2C(=O)OC(C)(C)C)CCN2CCC=C(CC)[C@@H]12. The Balaban J connectivity index is 2.00. The number of hydrogen-bond donors (Lipinski definition) is 0. The quantitative estimate of drug-likeness (QED) is 0.496. The fourth-order valence-corrected chi connectivity index (χ4v) is 5.24. The number of para-hydroxylation sites is 1. The van der Waals surface area contributed by atoms with Gasteiger partial charge in [0, 0.05) is 30.2 Å². The van der Waals surface area contributed by atoms with E-state index in [9.17, 15) is 9.59 Å². The maximum Gasteiger partial charge on any atom is 0.419 e. The van der Waals surface area contributed by atoms with Gasteiger partial charge in [-0.15, -0.1) is 0 Å². The predicted octanol–water partition coefficient (Wildman–Crippen LogP) is 5.04. The molecule has 2 aromatic rings. The molecule has 1 unspecified atom stereocenters. The Hall–Kier alpha value is -2.60. The Labute approximate surface area is 190 Å². The molecule has 0 spiro atoms. The van der Waals surface area contributed by atoms with Crippen molar-refractivity contribution < 1.29 is 19.1 Å². The number of carbonyl (C=O) groups is 2. The van der Waals surface area contributed by atoms with Crippen molar-refractivity contribution in [3.63, 3.8) is 0 Å². The summed E-state index contributed by atoms with van der Waals surface area (Å²) >= 11 is 0. The van der Waals surface area contributed by atoms with Crippen LogP contribution in [0.15, 0.2) is 35.9 Å². The second kappa shape index (κ2) is 8.74. The van der Waals surface area contributed by atoms with Crippen LogP contribution in [0.1, 0.15) is 64.6 Å². The average Bonchev–Trinajstić information content (AvgIpc) is 2.95. The first-order chi connectivity index (χ1) is 15.3. The maximum atomic E-state index is 13.5. The van der Waals surface area contributed by atoms with Gasteiger partial charge in [-0.3, -0.25) is 9.69 Å². The number of fused-ring (bicyclic) bond motifs is 4. The zero-order chi connectivity index (χ0) is 23.0. The third-order valence-corrected chi connectivity index (χ3v) is 6.40. The minimum atomic E-state index is -0.648. The third kappa shape index (κ3) is 3.96. The summed E-state index contributed by atoms with van der Waals surface area (Å²) in [6, 6.07) is 7.77. The molecular formula is C26H34N2O4. The highest BCUT2D eigenvalue weighted by Crippen LogP contribution is 2.42. The largest absolute Gasteiger partial charge is 0.465 e. The number of aromatic nitrogens is 1. The Morgan fingerprint density at radius 1 is 1.12 bits per heavy atom. The molecule has 2 atom stereocenters. The van der Waals surface area contributed by atoms with E-state index >= 15 is 0 Å². The van der Waals surface area contributed by atoms with Gasteiger partial charge in [-0.05, 0) is 58.6 Å². The summed E-state index contributed by atoms with van der Waals surface area (Å²) in [5.41, 5.74) is 3.16. The molecule has 172 valence electrons. The van der Waals surface area contributed by atoms with Gasteiger partial charge in [0.1, 0.15) is 11.5 Å². The molecule has 6 heteroatoms. The zero-order valence-electron chi connectivity index (χ0n) is 19.8. The highest BCUT2D eigenvalue weighted by atomic mass is 16.6. The normalized spacial score (nSPS) is 21.3. The highest BCUT2D eigenvalue weighted by molar-refractivity contribution is 5.96. The number of carbonyl (C=O) groups excluding carboxylic acids is 2. The number of esters is 1. The van der Waals surface area contributed by atoms with Crippen molar-refractivity contribution in [2.45, 2.75) is 71.4 Å². The molecule has 0 radical (unpaired) electrons. The summed E-state index contributed by atoms with van der Waals surface area (Å²) in [5, 5.41) is 1.00. The van der Waals surface area contributed by atoms with Crippen LogP contribution in [0.25, 0.3) is 10.9 Å². The van der Waals surface area contributed by atoms with Gasteiger partial charge in [-0.25, -0.2) is 9.36 Å². The van der Waals surface area contributed by atoms with E-state index in [1.54, 1.807) is 4.57 Å². The fraction of sp³-hybridized carbons (Fsp3) is 0.538. The van der Waals surface area contributed by atoms with Crippen molar-refractivity contribution in [3.8, 4) is 0 Å². The minimum Gasteiger partial charge on any atom is -0.465 e. The van der Waals surface area contributed by atoms with Gasteiger partial charge in [0.2, 0.25) is 0 Å². The van der Waals surface area contributed by atoms with Crippen molar-refractivity contribution in [3.05, 3.63) is 47.2 Å². The van der Waals surface area contributed by atoms with Gasteiger partial charge in [-0.2, -0.15) is 0 Å². The van der Waals surface area contributed by atoms with E-state index in [0.717, 1.165) is 54.5 Å². The van der Waals surface area contributed by atoms with Crippen LogP contribution in [-0.2, 0) is 20.7 Å². The Kier molecular flexibility index (Phi) is 6.17.